The summed E-state index contributed by atoms with van der Waals surface area (Å²) in [6, 6.07) is 14.3. The number of anilines is 2. The predicted octanol–water partition coefficient (Wildman–Crippen LogP) is 8.00. The van der Waals surface area contributed by atoms with Gasteiger partial charge in [-0.2, -0.15) is 0 Å². The van der Waals surface area contributed by atoms with Gasteiger partial charge in [-0.1, -0.05) is 45.5 Å². The van der Waals surface area contributed by atoms with Gasteiger partial charge in [0.15, 0.2) is 31.3 Å². The summed E-state index contributed by atoms with van der Waals surface area (Å²) >= 11 is 5.59. The number of hydrogen-bond donors (Lipinski definition) is 4. The van der Waals surface area contributed by atoms with E-state index in [9.17, 15) is 39.2 Å². The van der Waals surface area contributed by atoms with Gasteiger partial charge in [0.1, 0.15) is 28.7 Å². The van der Waals surface area contributed by atoms with Crippen molar-refractivity contribution in [3.05, 3.63) is 110 Å². The number of nitrogens with zero attached hydrogens (tertiary/aromatic N) is 1. The number of hydrogen-bond acceptors (Lipinski definition) is 8. The molecule has 0 aliphatic carbocycles. The van der Waals surface area contributed by atoms with Crippen LogP contribution < -0.4 is 11.1 Å². The average Bonchev–Trinajstić information content (AvgIpc) is 3.50. The maximum Gasteiger partial charge on any atom is 0.300 e. The summed E-state index contributed by atoms with van der Waals surface area (Å²) in [6.07, 6.45) is 0.222. The zero-order valence-corrected chi connectivity index (χ0v) is 32.9. The van der Waals surface area contributed by atoms with E-state index in [1.807, 2.05) is 0 Å². The van der Waals surface area contributed by atoms with Crippen LogP contribution >= 0.6 is 31.9 Å². The van der Waals surface area contributed by atoms with E-state index in [0.29, 0.717) is 17.8 Å². The maximum absolute atomic E-state index is 14.0. The number of carbonyl (C=O) groups excluding carboxylic acids is 1. The summed E-state index contributed by atoms with van der Waals surface area (Å²) in [4.78, 5) is 28.5. The highest BCUT2D eigenvalue weighted by Gasteiger charge is 2.19. The minimum absolute atomic E-state index is 0. The number of fused-ring (bicyclic) bond motifs is 1. The first-order valence-electron chi connectivity index (χ1n) is 15.3. The molecule has 4 aromatic carbocycles. The van der Waals surface area contributed by atoms with Gasteiger partial charge in [0.25, 0.3) is 5.97 Å². The van der Waals surface area contributed by atoms with Crippen molar-refractivity contribution in [1.29, 1.82) is 0 Å². The van der Waals surface area contributed by atoms with Crippen LogP contribution in [0.1, 0.15) is 45.1 Å². The molecule has 1 aromatic heterocycles. The van der Waals surface area contributed by atoms with Gasteiger partial charge in [-0.05, 0) is 67.3 Å². The van der Waals surface area contributed by atoms with Crippen LogP contribution in [0.25, 0.3) is 11.0 Å². The molecule has 19 heteroatoms. The topological polar surface area (TPSA) is 189 Å². The number of carboxylic acid groups (broad SMARTS) is 1. The molecule has 0 unspecified atom stereocenters. The largest absolute Gasteiger partial charge is 0.481 e. The van der Waals surface area contributed by atoms with Crippen molar-refractivity contribution in [2.24, 2.45) is 0 Å². The Kier molecular flexibility index (Phi) is 16.4. The molecule has 5 N–H and O–H groups in total. The van der Waals surface area contributed by atoms with E-state index >= 15 is 0 Å². The summed E-state index contributed by atoms with van der Waals surface area (Å²) in [5.74, 6) is -4.26. The fourth-order valence-electron chi connectivity index (χ4n) is 4.46. The number of aromatic nitrogens is 2. The number of rotatable bonds is 9. The Bertz CT molecular complexity index is 2360. The fourth-order valence-corrected chi connectivity index (χ4v) is 6.84. The maximum atomic E-state index is 14.0. The quantitative estimate of drug-likeness (QED) is 0.0645. The number of aromatic amines is 1. The van der Waals surface area contributed by atoms with Crippen LogP contribution in [0.3, 0.4) is 0 Å². The van der Waals surface area contributed by atoms with E-state index in [2.05, 4.69) is 47.1 Å². The normalized spacial score (nSPS) is 11.1. The van der Waals surface area contributed by atoms with Crippen LogP contribution in [0.4, 0.5) is 28.9 Å². The van der Waals surface area contributed by atoms with E-state index in [1.54, 1.807) is 19.1 Å². The van der Waals surface area contributed by atoms with Gasteiger partial charge >= 0.3 is 0 Å². The van der Waals surface area contributed by atoms with Crippen molar-refractivity contribution >= 4 is 85.8 Å². The van der Waals surface area contributed by atoms with Crippen LogP contribution in [0.15, 0.2) is 79.4 Å². The molecule has 5 aromatic rings. The Morgan fingerprint density at radius 2 is 1.26 bits per heavy atom. The molecule has 1 heterocycles. The third-order valence-corrected chi connectivity index (χ3v) is 12.1. The molecule has 5 rings (SSSR count). The number of imidazole rings is 1. The molecular formula is C35H36Br2F4N4O7S2. The zero-order chi connectivity index (χ0) is 39.8. The SMILES string of the molecule is C.CC(=O)O.CCS(=O)(=O)c1ccc(CC(=O)Nc2c(N)cc(F)c(Br)c2F)cc1.CCS(=O)(=O)c1ccc(Cc2nc3c(F)c(Br)c(F)cc3[nH]2)cc1. The third-order valence-electron chi connectivity index (χ3n) is 7.18. The minimum atomic E-state index is -3.32. The Balaban J connectivity index is 0.000000334. The van der Waals surface area contributed by atoms with E-state index < -0.39 is 59.3 Å². The van der Waals surface area contributed by atoms with E-state index in [-0.39, 0.29) is 62.0 Å². The summed E-state index contributed by atoms with van der Waals surface area (Å²) in [7, 11) is -6.56. The lowest BCUT2D eigenvalue weighted by Crippen LogP contribution is -2.17. The lowest BCUT2D eigenvalue weighted by atomic mass is 10.1. The van der Waals surface area contributed by atoms with Gasteiger partial charge in [-0.15, -0.1) is 0 Å². The van der Waals surface area contributed by atoms with Crippen LogP contribution in [-0.4, -0.2) is 55.3 Å². The van der Waals surface area contributed by atoms with Crippen molar-refractivity contribution < 1.29 is 49.1 Å². The molecule has 0 saturated carbocycles. The summed E-state index contributed by atoms with van der Waals surface area (Å²) in [6.45, 7) is 4.21. The highest BCUT2D eigenvalue weighted by molar-refractivity contribution is 9.10. The number of benzene rings is 4. The van der Waals surface area contributed by atoms with Crippen molar-refractivity contribution in [2.45, 2.75) is 50.8 Å². The first kappa shape index (κ1) is 45.8. The summed E-state index contributed by atoms with van der Waals surface area (Å²) in [5, 5.41) is 9.71. The lowest BCUT2D eigenvalue weighted by Gasteiger charge is -2.11. The molecule has 292 valence electrons. The smallest absolute Gasteiger partial charge is 0.300 e. The number of carbonyl (C=O) groups is 2. The standard InChI is InChI=1S/C16H15BrF2N2O3S.C16H13BrF2N2O2S.C2H4O2.CH4/c1-2-25(23,24)10-5-3-9(4-6-10)7-13(22)21-16-12(20)8-11(18)14(17)15(16)19;1-2-24(22,23)10-5-3-9(4-6-10)7-13-20-12-8-11(18)14(17)15(19)16(12)21-13;1-2(3)4;/h3-6,8H,2,7,20H2,1H3,(H,21,22);3-6,8H,2,7H2,1H3,(H,20,21);1H3,(H,3,4);1H4. The van der Waals surface area contributed by atoms with Crippen LogP contribution in [0.5, 0.6) is 0 Å². The van der Waals surface area contributed by atoms with Gasteiger partial charge < -0.3 is 21.1 Å². The molecule has 0 fully saturated rings. The van der Waals surface area contributed by atoms with Crippen LogP contribution in [0, 0.1) is 23.3 Å². The average molecular weight is 925 g/mol. The zero-order valence-electron chi connectivity index (χ0n) is 28.1. The summed E-state index contributed by atoms with van der Waals surface area (Å²) < 4.78 is 101. The second-order valence-electron chi connectivity index (χ2n) is 11.0. The molecule has 0 atom stereocenters. The van der Waals surface area contributed by atoms with Gasteiger partial charge in [-0.25, -0.2) is 39.4 Å². The number of nitrogens with one attached hydrogen (secondary N) is 2. The van der Waals surface area contributed by atoms with Crippen LogP contribution in [-0.2, 0) is 42.1 Å². The summed E-state index contributed by atoms with van der Waals surface area (Å²) in [5.41, 5.74) is 6.65. The molecule has 0 aliphatic rings. The minimum Gasteiger partial charge on any atom is -0.481 e. The Morgan fingerprint density at radius 3 is 1.74 bits per heavy atom. The number of aliphatic carboxylic acids is 1. The first-order chi connectivity index (χ1) is 24.7. The van der Waals surface area contributed by atoms with E-state index in [1.165, 1.54) is 49.4 Å². The van der Waals surface area contributed by atoms with Crippen molar-refractivity contribution in [3.63, 3.8) is 0 Å². The number of nitrogens with two attached hydrogens (primary N) is 1. The fraction of sp³-hybridized carbons (Fsp3) is 0.229. The first-order valence-corrected chi connectivity index (χ1v) is 20.2. The van der Waals surface area contributed by atoms with Crippen molar-refractivity contribution in [2.75, 3.05) is 22.6 Å². The van der Waals surface area contributed by atoms with E-state index in [0.717, 1.165) is 18.6 Å². The Hall–Kier alpha value is -4.33. The third kappa shape index (κ3) is 11.8. The number of carboxylic acids is 1. The van der Waals surface area contributed by atoms with E-state index in [4.69, 9.17) is 15.6 Å². The molecule has 0 spiro atoms. The van der Waals surface area contributed by atoms with Crippen molar-refractivity contribution in [1.82, 2.24) is 9.97 Å². The molecule has 0 bridgehead atoms. The number of amides is 1. The van der Waals surface area contributed by atoms with Gasteiger partial charge in [0.2, 0.25) is 5.91 Å². The molecule has 1 amide bonds. The number of sulfone groups is 2. The highest BCUT2D eigenvalue weighted by atomic mass is 79.9. The monoisotopic (exact) mass is 922 g/mol. The van der Waals surface area contributed by atoms with Gasteiger partial charge in [-0.3, -0.25) is 9.59 Å². The van der Waals surface area contributed by atoms with Gasteiger partial charge in [0.05, 0.1) is 47.9 Å². The number of halogens is 6. The van der Waals surface area contributed by atoms with Crippen LogP contribution in [0.2, 0.25) is 0 Å². The second kappa shape index (κ2) is 19.3. The second-order valence-corrected chi connectivity index (χ2v) is 17.2. The molecule has 54 heavy (non-hydrogen) atoms. The molecule has 0 saturated heterocycles. The number of nitrogen functional groups attached to an aromatic ring is 1. The van der Waals surface area contributed by atoms with Crippen molar-refractivity contribution in [3.8, 4) is 0 Å². The van der Waals surface area contributed by atoms with Gasteiger partial charge in [0, 0.05) is 25.5 Å². The molecule has 0 radical (unpaired) electrons. The molecule has 0 aliphatic heterocycles. The predicted molar refractivity (Wildman–Crippen MR) is 206 cm³/mol. The number of H-pyrrole nitrogens is 1. The molecule has 11 nitrogen and oxygen atoms in total. The lowest BCUT2D eigenvalue weighted by molar-refractivity contribution is -0.134. The Morgan fingerprint density at radius 1 is 0.815 bits per heavy atom. The Labute approximate surface area is 326 Å². The molecular weight excluding hydrogens is 888 g/mol. The highest BCUT2D eigenvalue weighted by Crippen LogP contribution is 2.32.